The minimum Gasteiger partial charge on any atom is -0.0625 e. The van der Waals surface area contributed by atoms with Crippen molar-refractivity contribution in [2.75, 3.05) is 0 Å². The van der Waals surface area contributed by atoms with Crippen LogP contribution in [0, 0.1) is 19.8 Å². The highest BCUT2D eigenvalue weighted by atomic mass is 14.1. The molecule has 23 heavy (non-hydrogen) atoms. The van der Waals surface area contributed by atoms with E-state index in [1.54, 1.807) is 0 Å². The van der Waals surface area contributed by atoms with E-state index in [2.05, 4.69) is 20.8 Å². The van der Waals surface area contributed by atoms with Gasteiger partial charge in [-0.2, -0.15) is 0 Å². The summed E-state index contributed by atoms with van der Waals surface area (Å²) >= 11 is 0. The Kier molecular flexibility index (Phi) is 20.0. The second kappa shape index (κ2) is 20.0. The van der Waals surface area contributed by atoms with Crippen LogP contribution in [0.1, 0.15) is 129 Å². The fraction of sp³-hybridized carbons (Fsp3) is 0.913. The Balaban J connectivity index is 3.11. The lowest BCUT2D eigenvalue weighted by molar-refractivity contribution is 0.430. The number of unbranched alkanes of at least 4 members (excludes halogenated alkanes) is 15. The molecule has 0 aromatic rings. The van der Waals surface area contributed by atoms with E-state index in [1.165, 1.54) is 109 Å². The van der Waals surface area contributed by atoms with Crippen molar-refractivity contribution >= 4 is 0 Å². The predicted octanol–water partition coefficient (Wildman–Crippen LogP) is 8.70. The topological polar surface area (TPSA) is 0 Å². The lowest BCUT2D eigenvalue weighted by Crippen LogP contribution is -1.95. The Bertz CT molecular complexity index is 196. The summed E-state index contributed by atoms with van der Waals surface area (Å²) in [6.07, 6.45) is 26.6. The average Bonchev–Trinajstić information content (AvgIpc) is 2.55. The van der Waals surface area contributed by atoms with Crippen molar-refractivity contribution < 1.29 is 0 Å². The van der Waals surface area contributed by atoms with E-state index in [-0.39, 0.29) is 0 Å². The molecule has 0 aliphatic heterocycles. The summed E-state index contributed by atoms with van der Waals surface area (Å²) in [4.78, 5) is 0. The van der Waals surface area contributed by atoms with Crippen LogP contribution in [0.25, 0.3) is 0 Å². The molecule has 138 valence electrons. The zero-order chi connectivity index (χ0) is 17.0. The average molecular weight is 323 g/mol. The normalized spacial score (nSPS) is 12.7. The second-order valence-electron chi connectivity index (χ2n) is 7.69. The molecule has 0 aliphatic carbocycles. The smallest absolute Gasteiger partial charge is 0.0443 e. The third kappa shape index (κ3) is 20.0. The minimum absolute atomic E-state index is 0.956. The number of hydrogen-bond acceptors (Lipinski definition) is 0. The van der Waals surface area contributed by atoms with E-state index in [0.29, 0.717) is 0 Å². The molecule has 0 bridgehead atoms. The van der Waals surface area contributed by atoms with E-state index in [9.17, 15) is 0 Å². The van der Waals surface area contributed by atoms with Crippen molar-refractivity contribution in [3.05, 3.63) is 13.8 Å². The lowest BCUT2D eigenvalue weighted by Gasteiger charge is -2.11. The van der Waals surface area contributed by atoms with Crippen LogP contribution in [0.15, 0.2) is 0 Å². The molecule has 0 heteroatoms. The highest BCUT2D eigenvalue weighted by molar-refractivity contribution is 4.56. The van der Waals surface area contributed by atoms with Crippen molar-refractivity contribution in [2.24, 2.45) is 5.92 Å². The molecule has 0 saturated carbocycles. The molecule has 0 nitrogen and oxygen atoms in total. The van der Waals surface area contributed by atoms with Crippen LogP contribution in [0.5, 0.6) is 0 Å². The standard InChI is InChI=1S/C23H46/c1-4-6-8-10-12-13-14-16-18-20-22-23(3)21-19-17-15-11-9-7-5-2/h23H,1-2,4-22H2,3H3. The quantitative estimate of drug-likeness (QED) is 0.209. The van der Waals surface area contributed by atoms with E-state index in [0.717, 1.165) is 18.8 Å². The van der Waals surface area contributed by atoms with Crippen LogP contribution < -0.4 is 0 Å². The van der Waals surface area contributed by atoms with Gasteiger partial charge in [0.2, 0.25) is 0 Å². The molecule has 2 radical (unpaired) electrons. The Morgan fingerprint density at radius 2 is 0.696 bits per heavy atom. The zero-order valence-electron chi connectivity index (χ0n) is 16.4. The highest BCUT2D eigenvalue weighted by Crippen LogP contribution is 2.18. The van der Waals surface area contributed by atoms with Crippen molar-refractivity contribution in [1.82, 2.24) is 0 Å². The van der Waals surface area contributed by atoms with Gasteiger partial charge >= 0.3 is 0 Å². The molecule has 0 aliphatic rings. The number of hydrogen-bond donors (Lipinski definition) is 0. The van der Waals surface area contributed by atoms with Gasteiger partial charge in [0.25, 0.3) is 0 Å². The van der Waals surface area contributed by atoms with Crippen LogP contribution in [-0.4, -0.2) is 0 Å². The molecular weight excluding hydrogens is 276 g/mol. The summed E-state index contributed by atoms with van der Waals surface area (Å²) in [6, 6.07) is 0. The first-order chi connectivity index (χ1) is 11.3. The lowest BCUT2D eigenvalue weighted by atomic mass is 9.96. The molecule has 1 unspecified atom stereocenters. The zero-order valence-corrected chi connectivity index (χ0v) is 16.4. The third-order valence-electron chi connectivity index (χ3n) is 5.14. The van der Waals surface area contributed by atoms with E-state index < -0.39 is 0 Å². The van der Waals surface area contributed by atoms with E-state index >= 15 is 0 Å². The van der Waals surface area contributed by atoms with Gasteiger partial charge in [0.15, 0.2) is 0 Å². The van der Waals surface area contributed by atoms with Gasteiger partial charge in [0.05, 0.1) is 0 Å². The minimum atomic E-state index is 0.956. The fourth-order valence-electron chi connectivity index (χ4n) is 3.43. The number of rotatable bonds is 19. The molecule has 0 saturated heterocycles. The van der Waals surface area contributed by atoms with Gasteiger partial charge in [-0.25, -0.2) is 0 Å². The van der Waals surface area contributed by atoms with Crippen LogP contribution >= 0.6 is 0 Å². The monoisotopic (exact) mass is 322 g/mol. The van der Waals surface area contributed by atoms with E-state index in [4.69, 9.17) is 0 Å². The summed E-state index contributed by atoms with van der Waals surface area (Å²) in [7, 11) is 0. The van der Waals surface area contributed by atoms with E-state index in [1.807, 2.05) is 0 Å². The van der Waals surface area contributed by atoms with Crippen molar-refractivity contribution in [3.8, 4) is 0 Å². The van der Waals surface area contributed by atoms with Crippen LogP contribution in [0.2, 0.25) is 0 Å². The SMILES string of the molecule is [CH2]CCCCCCCCCCCC(C)CCCCCCCC[CH2]. The van der Waals surface area contributed by atoms with Crippen LogP contribution in [0.3, 0.4) is 0 Å². The maximum absolute atomic E-state index is 3.91. The molecule has 0 fully saturated rings. The summed E-state index contributed by atoms with van der Waals surface area (Å²) in [5, 5.41) is 0. The Labute approximate surface area is 149 Å². The third-order valence-corrected chi connectivity index (χ3v) is 5.14. The summed E-state index contributed by atoms with van der Waals surface area (Å²) in [5.74, 6) is 0.956. The van der Waals surface area contributed by atoms with Gasteiger partial charge in [0, 0.05) is 0 Å². The maximum atomic E-state index is 3.91. The molecule has 0 heterocycles. The molecule has 1 atom stereocenters. The van der Waals surface area contributed by atoms with Gasteiger partial charge < -0.3 is 0 Å². The first-order valence-corrected chi connectivity index (χ1v) is 10.9. The van der Waals surface area contributed by atoms with Crippen molar-refractivity contribution in [3.63, 3.8) is 0 Å². The fourth-order valence-corrected chi connectivity index (χ4v) is 3.43. The van der Waals surface area contributed by atoms with Crippen LogP contribution in [0.4, 0.5) is 0 Å². The molecule has 0 N–H and O–H groups in total. The van der Waals surface area contributed by atoms with Gasteiger partial charge in [0.1, 0.15) is 0 Å². The van der Waals surface area contributed by atoms with Gasteiger partial charge in [-0.3, -0.25) is 0 Å². The first-order valence-electron chi connectivity index (χ1n) is 10.9. The maximum Gasteiger partial charge on any atom is -0.0443 e. The molecular formula is C23H46. The van der Waals surface area contributed by atoms with Crippen LogP contribution in [-0.2, 0) is 0 Å². The summed E-state index contributed by atoms with van der Waals surface area (Å²) in [6.45, 7) is 10.3. The largest absolute Gasteiger partial charge is 0.0625 e. The second-order valence-corrected chi connectivity index (χ2v) is 7.69. The van der Waals surface area contributed by atoms with Crippen molar-refractivity contribution in [1.29, 1.82) is 0 Å². The van der Waals surface area contributed by atoms with Crippen molar-refractivity contribution in [2.45, 2.75) is 129 Å². The summed E-state index contributed by atoms with van der Waals surface area (Å²) in [5.41, 5.74) is 0. The van der Waals surface area contributed by atoms with Gasteiger partial charge in [-0.05, 0) is 5.92 Å². The molecule has 0 rings (SSSR count). The Hall–Kier alpha value is 0. The molecule has 0 amide bonds. The molecule has 0 spiro atoms. The Morgan fingerprint density at radius 1 is 0.435 bits per heavy atom. The first kappa shape index (κ1) is 23.0. The summed E-state index contributed by atoms with van der Waals surface area (Å²) < 4.78 is 0. The molecule has 0 aromatic carbocycles. The molecule has 0 aromatic heterocycles. The highest BCUT2D eigenvalue weighted by Gasteiger charge is 2.02. The Morgan fingerprint density at radius 3 is 1.00 bits per heavy atom. The van der Waals surface area contributed by atoms with Gasteiger partial charge in [-0.1, -0.05) is 143 Å². The van der Waals surface area contributed by atoms with Gasteiger partial charge in [-0.15, -0.1) is 0 Å². The predicted molar refractivity (Wildman–Crippen MR) is 108 cm³/mol.